The molecule has 116 valence electrons. The normalized spacial score (nSPS) is 21.6. The van der Waals surface area contributed by atoms with Crippen LogP contribution in [-0.2, 0) is 0 Å². The molecule has 0 aromatic heterocycles. The van der Waals surface area contributed by atoms with Crippen LogP contribution in [-0.4, -0.2) is 48.7 Å². The number of oxime groups is 1. The first-order valence-corrected chi connectivity index (χ1v) is 7.70. The predicted octanol–water partition coefficient (Wildman–Crippen LogP) is 1.45. The van der Waals surface area contributed by atoms with Crippen molar-refractivity contribution in [2.24, 2.45) is 16.8 Å². The molecule has 5 nitrogen and oxygen atoms in total. The minimum absolute atomic E-state index is 0.0834. The summed E-state index contributed by atoms with van der Waals surface area (Å²) in [6.45, 7) is 7.39. The van der Waals surface area contributed by atoms with Crippen LogP contribution in [0.4, 0.5) is 0 Å². The van der Waals surface area contributed by atoms with Gasteiger partial charge in [0.25, 0.3) is 0 Å². The maximum absolute atomic E-state index is 8.97. The van der Waals surface area contributed by atoms with E-state index in [0.717, 1.165) is 18.7 Å². The summed E-state index contributed by atoms with van der Waals surface area (Å²) in [5.74, 6) is 0.879. The third kappa shape index (κ3) is 4.44. The summed E-state index contributed by atoms with van der Waals surface area (Å²) in [5, 5.41) is 15.6. The van der Waals surface area contributed by atoms with Gasteiger partial charge in [-0.15, -0.1) is 0 Å². The van der Waals surface area contributed by atoms with E-state index in [1.165, 1.54) is 19.5 Å². The molecule has 1 saturated heterocycles. The second-order valence-electron chi connectivity index (χ2n) is 5.69. The van der Waals surface area contributed by atoms with Crippen molar-refractivity contribution < 1.29 is 5.21 Å². The van der Waals surface area contributed by atoms with E-state index < -0.39 is 0 Å². The average Bonchev–Trinajstić information content (AvgIpc) is 2.99. The van der Waals surface area contributed by atoms with Crippen LogP contribution < -0.4 is 11.1 Å². The third-order valence-corrected chi connectivity index (χ3v) is 4.27. The van der Waals surface area contributed by atoms with Crippen LogP contribution >= 0.6 is 0 Å². The number of nitrogens with two attached hydrogens (primary N) is 1. The first-order valence-electron chi connectivity index (χ1n) is 7.70. The molecule has 1 aliphatic heterocycles. The Balaban J connectivity index is 1.86. The molecule has 2 unspecified atom stereocenters. The van der Waals surface area contributed by atoms with Gasteiger partial charge in [0.05, 0.1) is 5.92 Å². The monoisotopic (exact) mass is 290 g/mol. The van der Waals surface area contributed by atoms with Crippen LogP contribution in [0.1, 0.15) is 24.8 Å². The maximum atomic E-state index is 8.97. The second-order valence-corrected chi connectivity index (χ2v) is 5.69. The molecule has 4 N–H and O–H groups in total. The number of benzene rings is 1. The zero-order valence-electron chi connectivity index (χ0n) is 12.7. The van der Waals surface area contributed by atoms with Crippen molar-refractivity contribution in [1.82, 2.24) is 10.2 Å². The summed E-state index contributed by atoms with van der Waals surface area (Å²) in [5.41, 5.74) is 6.91. The Morgan fingerprint density at radius 1 is 1.48 bits per heavy atom. The summed E-state index contributed by atoms with van der Waals surface area (Å²) in [6, 6.07) is 9.95. The minimum Gasteiger partial charge on any atom is -0.409 e. The van der Waals surface area contributed by atoms with Gasteiger partial charge in [-0.1, -0.05) is 42.4 Å². The van der Waals surface area contributed by atoms with Crippen LogP contribution in [0.2, 0.25) is 0 Å². The number of nitrogens with one attached hydrogen (secondary N) is 1. The fourth-order valence-corrected chi connectivity index (χ4v) is 2.95. The highest BCUT2D eigenvalue weighted by Crippen LogP contribution is 2.17. The van der Waals surface area contributed by atoms with Gasteiger partial charge in [-0.05, 0) is 37.5 Å². The molecule has 0 aliphatic carbocycles. The zero-order chi connectivity index (χ0) is 15.1. The van der Waals surface area contributed by atoms with Crippen molar-refractivity contribution >= 4 is 5.84 Å². The summed E-state index contributed by atoms with van der Waals surface area (Å²) in [4.78, 5) is 2.48. The van der Waals surface area contributed by atoms with E-state index in [9.17, 15) is 0 Å². The minimum atomic E-state index is -0.0834. The van der Waals surface area contributed by atoms with Crippen LogP contribution in [0, 0.1) is 5.92 Å². The molecular formula is C16H26N4O. The van der Waals surface area contributed by atoms with Gasteiger partial charge in [0.15, 0.2) is 0 Å². The summed E-state index contributed by atoms with van der Waals surface area (Å²) >= 11 is 0. The van der Waals surface area contributed by atoms with Gasteiger partial charge >= 0.3 is 0 Å². The molecule has 0 radical (unpaired) electrons. The number of nitrogens with zero attached hydrogens (tertiary/aromatic N) is 2. The fourth-order valence-electron chi connectivity index (χ4n) is 2.95. The topological polar surface area (TPSA) is 73.9 Å². The molecule has 2 atom stereocenters. The first-order chi connectivity index (χ1) is 10.2. The molecule has 5 heteroatoms. The van der Waals surface area contributed by atoms with E-state index in [1.807, 2.05) is 30.3 Å². The van der Waals surface area contributed by atoms with E-state index >= 15 is 0 Å². The Morgan fingerprint density at radius 3 is 2.86 bits per heavy atom. The van der Waals surface area contributed by atoms with Gasteiger partial charge in [-0.3, -0.25) is 0 Å². The zero-order valence-corrected chi connectivity index (χ0v) is 12.7. The van der Waals surface area contributed by atoms with Crippen molar-refractivity contribution in [2.45, 2.75) is 19.3 Å². The first kappa shape index (κ1) is 15.8. The van der Waals surface area contributed by atoms with Crippen LogP contribution in [0.5, 0.6) is 0 Å². The van der Waals surface area contributed by atoms with E-state index in [1.54, 1.807) is 0 Å². The largest absolute Gasteiger partial charge is 0.409 e. The van der Waals surface area contributed by atoms with Crippen LogP contribution in [0.3, 0.4) is 0 Å². The Hall–Kier alpha value is -1.59. The molecule has 1 aromatic rings. The smallest absolute Gasteiger partial charge is 0.147 e. The van der Waals surface area contributed by atoms with E-state index in [-0.39, 0.29) is 11.8 Å². The number of likely N-dealkylation sites (tertiary alicyclic amines) is 1. The van der Waals surface area contributed by atoms with Crippen molar-refractivity contribution in [2.75, 3.05) is 32.7 Å². The van der Waals surface area contributed by atoms with Gasteiger partial charge < -0.3 is 21.2 Å². The molecule has 0 amide bonds. The van der Waals surface area contributed by atoms with E-state index in [2.05, 4.69) is 22.3 Å². The molecule has 1 fully saturated rings. The molecule has 1 aromatic carbocycles. The second kappa shape index (κ2) is 8.00. The number of amidine groups is 1. The molecular weight excluding hydrogens is 264 g/mol. The SMILES string of the molecule is CCN1CCC(CNCC(C(N)=NO)c2ccccc2)C1. The van der Waals surface area contributed by atoms with Crippen LogP contribution in [0.25, 0.3) is 0 Å². The molecule has 21 heavy (non-hydrogen) atoms. The van der Waals surface area contributed by atoms with Crippen molar-refractivity contribution in [3.63, 3.8) is 0 Å². The summed E-state index contributed by atoms with van der Waals surface area (Å²) in [7, 11) is 0. The molecule has 1 heterocycles. The fraction of sp³-hybridized carbons (Fsp3) is 0.562. The van der Waals surface area contributed by atoms with Gasteiger partial charge in [-0.2, -0.15) is 0 Å². The Bertz CT molecular complexity index is 449. The summed E-state index contributed by atoms with van der Waals surface area (Å²) in [6.07, 6.45) is 1.25. The Kier molecular flexibility index (Phi) is 6.02. The number of hydrogen-bond acceptors (Lipinski definition) is 4. The maximum Gasteiger partial charge on any atom is 0.147 e. The molecule has 2 rings (SSSR count). The van der Waals surface area contributed by atoms with E-state index in [0.29, 0.717) is 12.5 Å². The lowest BCUT2D eigenvalue weighted by molar-refractivity contribution is 0.315. The lowest BCUT2D eigenvalue weighted by atomic mass is 9.97. The van der Waals surface area contributed by atoms with Gasteiger partial charge in [0.2, 0.25) is 0 Å². The standard InChI is InChI=1S/C16H26N4O/c1-2-20-9-8-13(12-20)10-18-11-15(16(17)19-21)14-6-4-3-5-7-14/h3-7,13,15,18,21H,2,8-12H2,1H3,(H2,17,19). The lowest BCUT2D eigenvalue weighted by Crippen LogP contribution is -2.34. The molecule has 0 saturated carbocycles. The quantitative estimate of drug-likeness (QED) is 0.307. The predicted molar refractivity (Wildman–Crippen MR) is 85.7 cm³/mol. The number of hydrogen-bond donors (Lipinski definition) is 3. The highest BCUT2D eigenvalue weighted by Gasteiger charge is 2.22. The highest BCUT2D eigenvalue weighted by molar-refractivity contribution is 5.87. The lowest BCUT2D eigenvalue weighted by Gasteiger charge is -2.19. The van der Waals surface area contributed by atoms with Gasteiger partial charge in [0, 0.05) is 13.1 Å². The molecule has 1 aliphatic rings. The molecule has 0 spiro atoms. The Labute approximate surface area is 126 Å². The summed E-state index contributed by atoms with van der Waals surface area (Å²) < 4.78 is 0. The Morgan fingerprint density at radius 2 is 2.24 bits per heavy atom. The third-order valence-electron chi connectivity index (χ3n) is 4.27. The van der Waals surface area contributed by atoms with Gasteiger partial charge in [-0.25, -0.2) is 0 Å². The number of rotatable bonds is 7. The van der Waals surface area contributed by atoms with Crippen molar-refractivity contribution in [1.29, 1.82) is 0 Å². The molecule has 0 bridgehead atoms. The average molecular weight is 290 g/mol. The van der Waals surface area contributed by atoms with Gasteiger partial charge in [0.1, 0.15) is 5.84 Å². The van der Waals surface area contributed by atoms with Crippen molar-refractivity contribution in [3.8, 4) is 0 Å². The van der Waals surface area contributed by atoms with Crippen LogP contribution in [0.15, 0.2) is 35.5 Å². The van der Waals surface area contributed by atoms with E-state index in [4.69, 9.17) is 10.9 Å². The van der Waals surface area contributed by atoms with Crippen molar-refractivity contribution in [3.05, 3.63) is 35.9 Å². The highest BCUT2D eigenvalue weighted by atomic mass is 16.4.